The first kappa shape index (κ1) is 51.9. The van der Waals surface area contributed by atoms with Crippen LogP contribution in [0.2, 0.25) is 0 Å². The van der Waals surface area contributed by atoms with E-state index < -0.39 is 0 Å². The molecule has 1 rings (SSSR count). The summed E-state index contributed by atoms with van der Waals surface area (Å²) >= 11 is 0. The molecular formula is C50H97NO4. The number of unbranched alkanes of at least 4 members (excludes halogenated alkanes) is 28. The van der Waals surface area contributed by atoms with Crippen LogP contribution in [0.1, 0.15) is 273 Å². The second-order valence-electron chi connectivity index (χ2n) is 18.4. The van der Waals surface area contributed by atoms with Crippen molar-refractivity contribution in [3.05, 3.63) is 0 Å². The summed E-state index contributed by atoms with van der Waals surface area (Å²) in [6, 6.07) is 0. The van der Waals surface area contributed by atoms with E-state index in [1.165, 1.54) is 167 Å². The molecule has 4 unspecified atom stereocenters. The highest BCUT2D eigenvalue weighted by Crippen LogP contribution is 2.46. The topological polar surface area (TPSA) is 55.8 Å². The number of hydrogen-bond donors (Lipinski definition) is 0. The first-order chi connectivity index (χ1) is 26.7. The minimum atomic E-state index is -0.136. The van der Waals surface area contributed by atoms with E-state index in [9.17, 15) is 9.59 Å². The van der Waals surface area contributed by atoms with Crippen LogP contribution in [0.5, 0.6) is 0 Å². The van der Waals surface area contributed by atoms with Crippen molar-refractivity contribution >= 4 is 11.9 Å². The molecule has 0 N–H and O–H groups in total. The number of carbonyl (C=O) groups is 2. The fraction of sp³-hybridized carbons (Fsp3) is 0.960. The van der Waals surface area contributed by atoms with Crippen molar-refractivity contribution in [1.82, 2.24) is 4.90 Å². The van der Waals surface area contributed by atoms with Gasteiger partial charge in [-0.2, -0.15) is 0 Å². The van der Waals surface area contributed by atoms with Crippen LogP contribution in [0.25, 0.3) is 0 Å². The quantitative estimate of drug-likeness (QED) is 0.0462. The van der Waals surface area contributed by atoms with E-state index >= 15 is 0 Å². The van der Waals surface area contributed by atoms with Crippen molar-refractivity contribution in [1.29, 1.82) is 0 Å². The van der Waals surface area contributed by atoms with Crippen LogP contribution in [0.15, 0.2) is 0 Å². The van der Waals surface area contributed by atoms with Crippen LogP contribution >= 0.6 is 0 Å². The fourth-order valence-electron chi connectivity index (χ4n) is 9.33. The summed E-state index contributed by atoms with van der Waals surface area (Å²) in [6.07, 6.45) is 43.6. The summed E-state index contributed by atoms with van der Waals surface area (Å²) in [5, 5.41) is 0. The summed E-state index contributed by atoms with van der Waals surface area (Å²) in [5.74, 6) is 0.129. The number of likely N-dealkylation sites (tertiary alicyclic amines) is 1. The Labute approximate surface area is 344 Å². The molecule has 1 aliphatic heterocycles. The number of carbonyl (C=O) groups excluding carboxylic acids is 2. The Kier molecular flexibility index (Phi) is 31.9. The van der Waals surface area contributed by atoms with Crippen molar-refractivity contribution in [2.75, 3.05) is 13.2 Å². The van der Waals surface area contributed by atoms with E-state index in [-0.39, 0.29) is 35.0 Å². The molecule has 1 saturated heterocycles. The van der Waals surface area contributed by atoms with E-state index in [1.54, 1.807) is 0 Å². The molecule has 5 nitrogen and oxygen atoms in total. The summed E-state index contributed by atoms with van der Waals surface area (Å²) < 4.78 is 12.1. The van der Waals surface area contributed by atoms with Gasteiger partial charge in [-0.05, 0) is 39.5 Å². The molecule has 5 heteroatoms. The average molecular weight is 776 g/mol. The first-order valence-corrected chi connectivity index (χ1v) is 24.8. The van der Waals surface area contributed by atoms with Crippen molar-refractivity contribution in [3.63, 3.8) is 0 Å². The zero-order valence-corrected chi connectivity index (χ0v) is 38.4. The Morgan fingerprint density at radius 2 is 0.855 bits per heavy atom. The summed E-state index contributed by atoms with van der Waals surface area (Å²) in [5.41, 5.74) is -0.249. The number of rotatable bonds is 38. The third kappa shape index (κ3) is 23.8. The van der Waals surface area contributed by atoms with Gasteiger partial charge in [0.15, 0.2) is 0 Å². The highest BCUT2D eigenvalue weighted by atomic mass is 16.5. The summed E-state index contributed by atoms with van der Waals surface area (Å²) in [4.78, 5) is 28.3. The Bertz CT molecular complexity index is 908. The van der Waals surface area contributed by atoms with Gasteiger partial charge in [0.05, 0.1) is 0 Å². The number of ether oxygens (including phenoxy) is 2. The number of esters is 2. The maximum atomic E-state index is 13.1. The Morgan fingerprint density at radius 3 is 1.20 bits per heavy atom. The zero-order chi connectivity index (χ0) is 40.5. The van der Waals surface area contributed by atoms with Crippen molar-refractivity contribution in [2.45, 2.75) is 290 Å². The van der Waals surface area contributed by atoms with Gasteiger partial charge in [-0.1, -0.05) is 214 Å². The molecule has 0 amide bonds. The molecule has 55 heavy (non-hydrogen) atoms. The average Bonchev–Trinajstić information content (AvgIpc) is 3.18. The smallest absolute Gasteiger partial charge is 0.306 e. The summed E-state index contributed by atoms with van der Waals surface area (Å²) in [7, 11) is 0. The highest BCUT2D eigenvalue weighted by molar-refractivity contribution is 5.69. The van der Waals surface area contributed by atoms with Gasteiger partial charge in [0.2, 0.25) is 0 Å². The third-order valence-corrected chi connectivity index (χ3v) is 13.8. The lowest BCUT2D eigenvalue weighted by molar-refractivity contribution is -0.180. The number of nitrogens with zero attached hydrogens (tertiary/aromatic N) is 1. The highest BCUT2D eigenvalue weighted by Gasteiger charge is 2.53. The van der Waals surface area contributed by atoms with Crippen LogP contribution in [-0.2, 0) is 19.1 Å². The third-order valence-electron chi connectivity index (χ3n) is 13.8. The Hall–Kier alpha value is -1.10. The second-order valence-corrected chi connectivity index (χ2v) is 18.4. The SMILES string of the molecule is CCCCCCCCCCCCCCCCCC(=O)OCCN1C(C)(CC)CC(OC(=O)CCCCCCCCCCCCCCCCC)C(C)C1(C)CC. The van der Waals surface area contributed by atoms with Gasteiger partial charge in [0, 0.05) is 42.8 Å². The molecule has 1 heterocycles. The molecule has 0 aliphatic carbocycles. The number of piperidine rings is 1. The molecule has 326 valence electrons. The van der Waals surface area contributed by atoms with E-state index in [4.69, 9.17) is 9.47 Å². The lowest BCUT2D eigenvalue weighted by Gasteiger charge is -2.60. The van der Waals surface area contributed by atoms with E-state index in [0.29, 0.717) is 19.4 Å². The monoisotopic (exact) mass is 776 g/mol. The molecule has 1 aliphatic rings. The predicted octanol–water partition coefficient (Wildman–Crippen LogP) is 15.6. The van der Waals surface area contributed by atoms with Gasteiger partial charge in [-0.25, -0.2) is 0 Å². The zero-order valence-electron chi connectivity index (χ0n) is 38.4. The summed E-state index contributed by atoms with van der Waals surface area (Å²) in [6.45, 7) is 17.1. The molecule has 0 aromatic heterocycles. The van der Waals surface area contributed by atoms with Gasteiger partial charge in [0.25, 0.3) is 0 Å². The van der Waals surface area contributed by atoms with Crippen molar-refractivity contribution in [2.24, 2.45) is 5.92 Å². The van der Waals surface area contributed by atoms with Crippen LogP contribution in [0.4, 0.5) is 0 Å². The Balaban J connectivity index is 2.25. The van der Waals surface area contributed by atoms with Gasteiger partial charge in [-0.15, -0.1) is 0 Å². The number of hydrogen-bond acceptors (Lipinski definition) is 5. The molecule has 1 fully saturated rings. The van der Waals surface area contributed by atoms with Crippen LogP contribution in [-0.4, -0.2) is 47.2 Å². The minimum absolute atomic E-state index is 0.0235. The second kappa shape index (κ2) is 33.8. The predicted molar refractivity (Wildman–Crippen MR) is 238 cm³/mol. The molecule has 4 atom stereocenters. The van der Waals surface area contributed by atoms with E-state index in [2.05, 4.69) is 53.4 Å². The normalized spacial score (nSPS) is 21.6. The Morgan fingerprint density at radius 1 is 0.509 bits per heavy atom. The van der Waals surface area contributed by atoms with Gasteiger partial charge < -0.3 is 9.47 Å². The lowest BCUT2D eigenvalue weighted by atomic mass is 9.68. The van der Waals surface area contributed by atoms with E-state index in [1.807, 2.05) is 0 Å². The lowest BCUT2D eigenvalue weighted by Crippen LogP contribution is -2.68. The van der Waals surface area contributed by atoms with Crippen LogP contribution in [0, 0.1) is 5.92 Å². The van der Waals surface area contributed by atoms with E-state index in [0.717, 1.165) is 51.5 Å². The molecule has 0 aromatic carbocycles. The molecule has 0 aromatic rings. The maximum absolute atomic E-state index is 13.1. The standard InChI is InChI=1S/C50H97NO4/c1-8-12-14-16-18-20-22-24-26-28-30-32-34-36-38-40-47(52)54-43-42-51-49(6,10-3)44-46(45(5)50(51,7)11-4)55-48(53)41-39-37-35-33-31-29-27-25-23-21-19-17-15-13-9-2/h45-46H,8-44H2,1-7H3. The van der Waals surface area contributed by atoms with Gasteiger partial charge in [0.1, 0.15) is 12.7 Å². The molecule has 0 spiro atoms. The first-order valence-electron chi connectivity index (χ1n) is 24.8. The molecule has 0 radical (unpaired) electrons. The van der Waals surface area contributed by atoms with Crippen molar-refractivity contribution < 1.29 is 19.1 Å². The van der Waals surface area contributed by atoms with Crippen molar-refractivity contribution in [3.8, 4) is 0 Å². The molecular weight excluding hydrogens is 679 g/mol. The van der Waals surface area contributed by atoms with Crippen LogP contribution < -0.4 is 0 Å². The minimum Gasteiger partial charge on any atom is -0.464 e. The maximum Gasteiger partial charge on any atom is 0.306 e. The van der Waals surface area contributed by atoms with Gasteiger partial charge in [-0.3, -0.25) is 14.5 Å². The molecule has 0 saturated carbocycles. The molecule has 0 bridgehead atoms. The fourth-order valence-corrected chi connectivity index (χ4v) is 9.33. The van der Waals surface area contributed by atoms with Gasteiger partial charge >= 0.3 is 11.9 Å². The largest absolute Gasteiger partial charge is 0.464 e. The van der Waals surface area contributed by atoms with Crippen LogP contribution in [0.3, 0.4) is 0 Å².